The summed E-state index contributed by atoms with van der Waals surface area (Å²) in [5.74, 6) is -15.9. The number of phenolic OH excluding ortho intramolecular Hbond substituents is 2. The largest absolute Gasteiger partial charge is 0.508 e. The van der Waals surface area contributed by atoms with Gasteiger partial charge in [-0.15, -0.1) is 0 Å². The summed E-state index contributed by atoms with van der Waals surface area (Å²) in [4.78, 5) is 191. The number of rotatable bonds is 41. The molecular weight excluding hydrogens is 1420 g/mol. The number of amides is 11. The molecule has 0 spiro atoms. The maximum Gasteiger partial charge on any atom is 0.328 e. The van der Waals surface area contributed by atoms with Crippen molar-refractivity contribution in [3.05, 3.63) is 114 Å². The quantitative estimate of drug-likeness (QED) is 0.0135. The van der Waals surface area contributed by atoms with Crippen LogP contribution in [0.4, 0.5) is 0 Å². The van der Waals surface area contributed by atoms with Crippen LogP contribution in [0.15, 0.2) is 91.5 Å². The Morgan fingerprint density at radius 1 is 0.557 bits per heavy atom. The summed E-state index contributed by atoms with van der Waals surface area (Å²) in [6, 6.07) is -0.456. The van der Waals surface area contributed by atoms with E-state index in [1.165, 1.54) is 61.1 Å². The van der Waals surface area contributed by atoms with Crippen LogP contribution in [-0.2, 0) is 88.0 Å². The van der Waals surface area contributed by atoms with Crippen molar-refractivity contribution in [2.24, 2.45) is 17.4 Å². The average Bonchev–Trinajstić information content (AvgIpc) is 1.69. The van der Waals surface area contributed by atoms with Gasteiger partial charge in [-0.05, 0) is 99.0 Å². The lowest BCUT2D eigenvalue weighted by Gasteiger charge is -2.30. The molecule has 106 heavy (non-hydrogen) atoms. The predicted octanol–water partition coefficient (Wildman–Crippen LogP) is -3.30. The van der Waals surface area contributed by atoms with Crippen molar-refractivity contribution in [2.75, 3.05) is 24.6 Å². The molecule has 576 valence electrons. The number of carbonyl (C=O) groups is 13. The average molecular weight is 1520 g/mol. The number of likely N-dealkylation sites (tertiary alicyclic amines) is 1. The van der Waals surface area contributed by atoms with Gasteiger partial charge in [0.1, 0.15) is 71.9 Å². The van der Waals surface area contributed by atoms with Crippen molar-refractivity contribution < 1.29 is 93.0 Å². The Bertz CT molecular complexity index is 3860. The number of carboxylic acid groups (broad SMARTS) is 2. The van der Waals surface area contributed by atoms with Crippen LogP contribution in [0.1, 0.15) is 88.6 Å². The van der Waals surface area contributed by atoms with Crippen LogP contribution in [0.5, 0.6) is 11.5 Å². The zero-order chi connectivity index (χ0) is 78.1. The first-order valence-electron chi connectivity index (χ1n) is 34.2. The van der Waals surface area contributed by atoms with Crippen molar-refractivity contribution >= 4 is 113 Å². The number of phenols is 2. The Morgan fingerprint density at radius 2 is 1.04 bits per heavy atom. The standard InChI is InChI=1S/C69H94N16O19S2/c1-34(2)55(82-62(96)48(26-39-29-73-45-12-6-5-10-43(39)45)77-60(94)49(27-40-30-72-33-74-40)75-58(92)44(71)11-7-8-22-70)66(100)79-46(24-37-14-18-41(88)19-15-37)59(93)76-47(25-38-16-20-42(89)21-17-38)61(95)83-56(35(3)86)67(101)80-51(31-105)64(98)81-52(32-106)68(102)85-23-9-13-53(85)65(99)78-50(28-54(90)91)63(97)84-57(36(4)87)69(103)104/h5-6,10,12,14-21,29-30,33-36,44,46-53,55-57,73,86-89,105-106H,7-9,11,13,22-28,31-32,70-71H2,1-4H3,(H,72,74)(H,75,92)(H,76,93)(H,77,94)(H,78,99)(H,79,100)(H,80,101)(H,81,98)(H,82,96)(H,83,95)(H,84,97)(H,90,91)(H,103,104)/t35-,36-,44+,46+,47+,48+,49+,50+,51+,52+,53+,55+,56+,57+/m1/s1. The number of hydrogen-bond donors (Lipinski definition) is 22. The maximum atomic E-state index is 15.0. The van der Waals surface area contributed by atoms with Crippen LogP contribution in [-0.4, -0.2) is 237 Å². The molecule has 1 fully saturated rings. The second-order valence-electron chi connectivity index (χ2n) is 26.1. The monoisotopic (exact) mass is 1510 g/mol. The number of carboxylic acids is 2. The van der Waals surface area contributed by atoms with E-state index in [1.807, 2.05) is 11.4 Å². The second-order valence-corrected chi connectivity index (χ2v) is 26.8. The van der Waals surface area contributed by atoms with Crippen molar-refractivity contribution in [3.8, 4) is 11.5 Å². The number of para-hydroxylation sites is 1. The molecule has 0 radical (unpaired) electrons. The van der Waals surface area contributed by atoms with E-state index < -0.39 is 185 Å². The van der Waals surface area contributed by atoms with Gasteiger partial charge in [-0.1, -0.05) is 62.7 Å². The fourth-order valence-electron chi connectivity index (χ4n) is 11.6. The zero-order valence-corrected chi connectivity index (χ0v) is 60.4. The number of nitrogens with one attached hydrogen (secondary N) is 12. The number of fused-ring (bicyclic) bond motifs is 1. The van der Waals surface area contributed by atoms with Gasteiger partial charge in [-0.25, -0.2) is 9.78 Å². The molecule has 14 atom stereocenters. The summed E-state index contributed by atoms with van der Waals surface area (Å²) in [6.45, 7) is 5.70. The normalized spacial score (nSPS) is 16.4. The fraction of sp³-hybridized carbons (Fsp3) is 0.478. The van der Waals surface area contributed by atoms with E-state index in [0.717, 1.165) is 18.7 Å². The Balaban J connectivity index is 1.22. The number of thiol groups is 2. The van der Waals surface area contributed by atoms with Gasteiger partial charge >= 0.3 is 11.9 Å². The molecule has 6 rings (SSSR count). The minimum absolute atomic E-state index is 0.00880. The van der Waals surface area contributed by atoms with E-state index >= 15 is 4.79 Å². The summed E-state index contributed by atoms with van der Waals surface area (Å²) in [5.41, 5.74) is 14.4. The Labute approximate surface area is 620 Å². The molecule has 22 N–H and O–H groups in total. The van der Waals surface area contributed by atoms with Crippen molar-refractivity contribution in [1.29, 1.82) is 0 Å². The molecule has 11 amide bonds. The van der Waals surface area contributed by atoms with Crippen LogP contribution in [0.25, 0.3) is 10.9 Å². The van der Waals surface area contributed by atoms with Crippen LogP contribution in [0.2, 0.25) is 0 Å². The lowest BCUT2D eigenvalue weighted by Crippen LogP contribution is -2.63. The van der Waals surface area contributed by atoms with E-state index in [9.17, 15) is 88.2 Å². The number of aromatic hydroxyl groups is 2. The topological polar surface area (TPSA) is 563 Å². The fourth-order valence-corrected chi connectivity index (χ4v) is 12.1. The first kappa shape index (κ1) is 84.6. The number of aliphatic carboxylic acids is 2. The molecule has 3 aromatic carbocycles. The highest BCUT2D eigenvalue weighted by Gasteiger charge is 2.42. The van der Waals surface area contributed by atoms with E-state index in [1.54, 1.807) is 38.2 Å². The van der Waals surface area contributed by atoms with Gasteiger partial charge in [0, 0.05) is 72.7 Å². The number of carbonyl (C=O) groups excluding carboxylic acids is 11. The summed E-state index contributed by atoms with van der Waals surface area (Å²) < 4.78 is 0. The number of aliphatic hydroxyl groups excluding tert-OH is 2. The molecule has 35 nitrogen and oxygen atoms in total. The minimum Gasteiger partial charge on any atom is -0.508 e. The minimum atomic E-state index is -1.91. The van der Waals surface area contributed by atoms with Crippen LogP contribution >= 0.6 is 25.3 Å². The van der Waals surface area contributed by atoms with Crippen LogP contribution in [0, 0.1) is 5.92 Å². The van der Waals surface area contributed by atoms with Gasteiger partial charge in [0.25, 0.3) is 0 Å². The number of nitrogens with two attached hydrogens (primary N) is 2. The summed E-state index contributed by atoms with van der Waals surface area (Å²) in [7, 11) is 0. The van der Waals surface area contributed by atoms with Crippen molar-refractivity contribution in [3.63, 3.8) is 0 Å². The summed E-state index contributed by atoms with van der Waals surface area (Å²) in [5, 5.41) is 86.2. The van der Waals surface area contributed by atoms with Gasteiger partial charge < -0.3 is 110 Å². The number of H-pyrrole nitrogens is 2. The van der Waals surface area contributed by atoms with E-state index in [2.05, 4.69) is 88.1 Å². The molecule has 1 saturated heterocycles. The number of benzene rings is 3. The lowest BCUT2D eigenvalue weighted by molar-refractivity contribution is -0.146. The molecular formula is C69H94N16O19S2. The third-order valence-corrected chi connectivity index (χ3v) is 18.2. The third kappa shape index (κ3) is 24.9. The highest BCUT2D eigenvalue weighted by atomic mass is 32.1. The number of aromatic amines is 2. The number of aromatic nitrogens is 3. The van der Waals surface area contributed by atoms with Crippen LogP contribution < -0.4 is 64.6 Å². The number of aliphatic hydroxyl groups is 2. The summed E-state index contributed by atoms with van der Waals surface area (Å²) in [6.07, 6.45) is 0.779. The molecule has 0 bridgehead atoms. The molecule has 1 aliphatic heterocycles. The molecule has 2 aromatic heterocycles. The number of unbranched alkanes of at least 4 members (excludes halogenated alkanes) is 1. The molecule has 3 heterocycles. The van der Waals surface area contributed by atoms with Crippen LogP contribution in [0.3, 0.4) is 0 Å². The Kier molecular flexibility index (Phi) is 32.6. The molecule has 5 aromatic rings. The smallest absolute Gasteiger partial charge is 0.328 e. The predicted molar refractivity (Wildman–Crippen MR) is 389 cm³/mol. The molecule has 0 aliphatic carbocycles. The van der Waals surface area contributed by atoms with E-state index in [-0.39, 0.29) is 63.0 Å². The first-order chi connectivity index (χ1) is 50.3. The van der Waals surface area contributed by atoms with Gasteiger partial charge in [-0.3, -0.25) is 57.5 Å². The lowest BCUT2D eigenvalue weighted by atomic mass is 9.98. The SMILES string of the molecule is CC(C)[C@H](NC(=O)[C@H](Cc1c[nH]c2ccccc12)NC(=O)[C@H](Cc1cnc[nH]1)NC(=O)[C@@H](N)CCCCN)C(=O)N[C@@H](Cc1ccc(O)cc1)C(=O)N[C@@H](Cc1ccc(O)cc1)C(=O)N[C@H](C(=O)N[C@@H](CS)C(=O)N[C@@H](CS)C(=O)N1CCC[C@H]1C(=O)N[C@@H](CC(=O)O)C(=O)N[C@H](C(=O)O)[C@@H](C)O)[C@@H](C)O. The van der Waals surface area contributed by atoms with E-state index in [0.29, 0.717) is 52.7 Å². The molecule has 37 heteroatoms. The summed E-state index contributed by atoms with van der Waals surface area (Å²) >= 11 is 8.47. The highest BCUT2D eigenvalue weighted by molar-refractivity contribution is 7.80. The molecule has 0 saturated carbocycles. The first-order valence-corrected chi connectivity index (χ1v) is 35.5. The van der Waals surface area contributed by atoms with Crippen molar-refractivity contribution in [2.45, 2.75) is 177 Å². The number of nitrogens with zero attached hydrogens (tertiary/aromatic N) is 2. The number of hydrogen-bond acceptors (Lipinski definition) is 22. The third-order valence-electron chi connectivity index (χ3n) is 17.5. The van der Waals surface area contributed by atoms with Gasteiger partial charge in [0.05, 0.1) is 31.0 Å². The van der Waals surface area contributed by atoms with E-state index in [4.69, 9.17) is 11.5 Å². The Morgan fingerprint density at radius 3 is 1.57 bits per heavy atom. The second kappa shape index (κ2) is 40.8. The molecule has 0 unspecified atom stereocenters. The maximum absolute atomic E-state index is 15.0. The Hall–Kier alpha value is -10.3. The molecule has 1 aliphatic rings. The van der Waals surface area contributed by atoms with Crippen molar-refractivity contribution in [1.82, 2.24) is 73.0 Å². The number of imidazole rings is 1. The van der Waals surface area contributed by atoms with Gasteiger partial charge in [0.2, 0.25) is 65.0 Å². The zero-order valence-electron chi connectivity index (χ0n) is 58.7. The van der Waals surface area contributed by atoms with Gasteiger partial charge in [-0.2, -0.15) is 25.3 Å². The highest BCUT2D eigenvalue weighted by Crippen LogP contribution is 2.23. The van der Waals surface area contributed by atoms with Gasteiger partial charge in [0.15, 0.2) is 6.04 Å².